The third-order valence-electron chi connectivity index (χ3n) is 9.23. The predicted octanol–water partition coefficient (Wildman–Crippen LogP) is 1.93. The van der Waals surface area contributed by atoms with Gasteiger partial charge in [-0.25, -0.2) is 0 Å². The van der Waals surface area contributed by atoms with Crippen LogP contribution in [0.2, 0.25) is 0 Å². The van der Waals surface area contributed by atoms with Crippen molar-refractivity contribution >= 4 is 17.6 Å². The fourth-order valence-electron chi connectivity index (χ4n) is 6.90. The van der Waals surface area contributed by atoms with Crippen molar-refractivity contribution in [2.75, 3.05) is 13.1 Å². The van der Waals surface area contributed by atoms with Crippen molar-refractivity contribution in [1.29, 1.82) is 0 Å². The maximum Gasteiger partial charge on any atom is 0.312 e. The molecule has 0 spiro atoms. The summed E-state index contributed by atoms with van der Waals surface area (Å²) in [5.74, 6) is -5.60. The molecular formula is C28H38N4O8. The minimum Gasteiger partial charge on any atom is -0.481 e. The molecule has 5 unspecified atom stereocenters. The van der Waals surface area contributed by atoms with Gasteiger partial charge in [0, 0.05) is 36.6 Å². The molecule has 2 aliphatic heterocycles. The summed E-state index contributed by atoms with van der Waals surface area (Å²) in [5.41, 5.74) is 3.76. The SMILES string of the molecule is CC1N[C@@H](N)C(C)(C(=O)O)C(c2cccc([N+](=O)[O-])c2)C1(CCN1CCCCC1C1=CCC(O)(O)C=C1)C(=O)O. The Morgan fingerprint density at radius 1 is 1.23 bits per heavy atom. The molecule has 0 amide bonds. The van der Waals surface area contributed by atoms with E-state index < -0.39 is 51.6 Å². The molecule has 0 aromatic heterocycles. The van der Waals surface area contributed by atoms with Crippen LogP contribution in [0.15, 0.2) is 48.1 Å². The third kappa shape index (κ3) is 5.17. The summed E-state index contributed by atoms with van der Waals surface area (Å²) < 4.78 is 0. The second-order valence-corrected chi connectivity index (χ2v) is 11.5. The Morgan fingerprint density at radius 3 is 2.55 bits per heavy atom. The van der Waals surface area contributed by atoms with E-state index in [0.29, 0.717) is 13.1 Å². The number of aliphatic hydroxyl groups is 2. The van der Waals surface area contributed by atoms with E-state index in [0.717, 1.165) is 24.8 Å². The summed E-state index contributed by atoms with van der Waals surface area (Å²) in [7, 11) is 0. The lowest BCUT2D eigenvalue weighted by Gasteiger charge is -2.56. The van der Waals surface area contributed by atoms with Crippen molar-refractivity contribution in [3.63, 3.8) is 0 Å². The maximum absolute atomic E-state index is 13.3. The maximum atomic E-state index is 13.3. The second kappa shape index (κ2) is 11.0. The van der Waals surface area contributed by atoms with Crippen molar-refractivity contribution in [2.45, 2.75) is 75.9 Å². The number of aliphatic carboxylic acids is 2. The lowest BCUT2D eigenvalue weighted by atomic mass is 9.52. The zero-order valence-corrected chi connectivity index (χ0v) is 22.7. The normalized spacial score (nSPS) is 34.2. The van der Waals surface area contributed by atoms with Crippen LogP contribution in [0.3, 0.4) is 0 Å². The summed E-state index contributed by atoms with van der Waals surface area (Å²) in [6.45, 7) is 4.07. The molecule has 1 aromatic rings. The molecule has 4 rings (SSSR count). The summed E-state index contributed by atoms with van der Waals surface area (Å²) in [5, 5.41) is 55.7. The minimum absolute atomic E-state index is 0.0485. The molecular weight excluding hydrogens is 520 g/mol. The summed E-state index contributed by atoms with van der Waals surface area (Å²) in [6.07, 6.45) is 6.47. The highest BCUT2D eigenvalue weighted by Gasteiger charge is 2.65. The van der Waals surface area contributed by atoms with Crippen molar-refractivity contribution in [3.05, 3.63) is 63.7 Å². The van der Waals surface area contributed by atoms with E-state index in [1.54, 1.807) is 25.1 Å². The van der Waals surface area contributed by atoms with Gasteiger partial charge in [0.25, 0.3) is 5.69 Å². The standard InChI is InChI=1S/C28H38N4O8/c1-17-28(25(35)36,13-15-31-14-4-3-8-21(31)18-9-11-27(37,38)12-10-18)22(26(2,24(33)34)23(29)30-17)19-6-5-7-20(16-19)32(39)40/h5-7,9-11,16-17,21-23,30,37-38H,3-4,8,12-15,29H2,1-2H3,(H,33,34)(H,35,36)/t17?,21?,22?,23-,26?,28?/m1/s1. The zero-order chi connectivity index (χ0) is 29.5. The number of carbonyl (C=O) groups is 2. The van der Waals surface area contributed by atoms with Gasteiger partial charge in [0.15, 0.2) is 5.79 Å². The van der Waals surface area contributed by atoms with Crippen molar-refractivity contribution in [1.82, 2.24) is 10.2 Å². The van der Waals surface area contributed by atoms with Gasteiger partial charge in [-0.3, -0.25) is 29.9 Å². The molecule has 2 heterocycles. The van der Waals surface area contributed by atoms with E-state index in [4.69, 9.17) is 5.73 Å². The Kier molecular flexibility index (Phi) is 8.21. The highest BCUT2D eigenvalue weighted by atomic mass is 16.6. The van der Waals surface area contributed by atoms with Crippen LogP contribution >= 0.6 is 0 Å². The molecule has 0 bridgehead atoms. The van der Waals surface area contributed by atoms with Crippen LogP contribution in [0.4, 0.5) is 5.69 Å². The molecule has 1 aromatic carbocycles. The van der Waals surface area contributed by atoms with Crippen molar-refractivity contribution in [3.8, 4) is 0 Å². The van der Waals surface area contributed by atoms with E-state index in [9.17, 15) is 40.1 Å². The smallest absolute Gasteiger partial charge is 0.312 e. The first-order valence-electron chi connectivity index (χ1n) is 13.5. The number of non-ortho nitro benzene ring substituents is 1. The number of nitrogens with one attached hydrogen (secondary N) is 1. The number of piperidine rings is 2. The van der Waals surface area contributed by atoms with Gasteiger partial charge in [0.2, 0.25) is 0 Å². The number of hydrogen-bond donors (Lipinski definition) is 6. The molecule has 218 valence electrons. The Labute approximate surface area is 232 Å². The Morgan fingerprint density at radius 2 is 1.95 bits per heavy atom. The van der Waals surface area contributed by atoms with Crippen LogP contribution < -0.4 is 11.1 Å². The van der Waals surface area contributed by atoms with Crippen LogP contribution in [0, 0.1) is 20.9 Å². The average Bonchev–Trinajstić information content (AvgIpc) is 2.90. The minimum atomic E-state index is -1.90. The van der Waals surface area contributed by atoms with Crippen LogP contribution in [-0.4, -0.2) is 79.3 Å². The molecule has 2 fully saturated rings. The monoisotopic (exact) mass is 558 g/mol. The average molecular weight is 559 g/mol. The topological polar surface area (TPSA) is 199 Å². The summed E-state index contributed by atoms with van der Waals surface area (Å²) in [6, 6.07) is 4.68. The molecule has 12 nitrogen and oxygen atoms in total. The molecule has 2 saturated heterocycles. The number of rotatable bonds is 8. The molecule has 7 N–H and O–H groups in total. The van der Waals surface area contributed by atoms with Gasteiger partial charge in [0.1, 0.15) is 5.41 Å². The van der Waals surface area contributed by atoms with Crippen molar-refractivity contribution in [2.24, 2.45) is 16.6 Å². The Balaban J connectivity index is 1.77. The van der Waals surface area contributed by atoms with Crippen molar-refractivity contribution < 1.29 is 34.9 Å². The molecule has 0 radical (unpaired) electrons. The summed E-state index contributed by atoms with van der Waals surface area (Å²) >= 11 is 0. The second-order valence-electron chi connectivity index (χ2n) is 11.5. The van der Waals surface area contributed by atoms with Gasteiger partial charge in [-0.1, -0.05) is 30.7 Å². The lowest BCUT2D eigenvalue weighted by molar-refractivity contribution is -0.385. The number of nitro benzene ring substituents is 1. The van der Waals surface area contributed by atoms with E-state index in [-0.39, 0.29) is 30.1 Å². The number of carboxylic acids is 2. The number of nitro groups is 1. The van der Waals surface area contributed by atoms with Crippen LogP contribution in [0.25, 0.3) is 0 Å². The van der Waals surface area contributed by atoms with Crippen LogP contribution in [0.5, 0.6) is 0 Å². The van der Waals surface area contributed by atoms with E-state index in [1.165, 1.54) is 31.2 Å². The van der Waals surface area contributed by atoms with Gasteiger partial charge < -0.3 is 26.2 Å². The van der Waals surface area contributed by atoms with E-state index >= 15 is 0 Å². The fraction of sp³-hybridized carbons (Fsp3) is 0.571. The number of nitrogens with two attached hydrogens (primary N) is 1. The first-order chi connectivity index (χ1) is 18.7. The molecule has 3 aliphatic rings. The van der Waals surface area contributed by atoms with E-state index in [2.05, 4.69) is 10.2 Å². The number of carboxylic acid groups (broad SMARTS) is 2. The largest absolute Gasteiger partial charge is 0.481 e. The first kappa shape index (κ1) is 29.8. The van der Waals surface area contributed by atoms with Crippen LogP contribution in [0.1, 0.15) is 57.4 Å². The highest BCUT2D eigenvalue weighted by molar-refractivity contribution is 5.84. The number of nitrogens with zero attached hydrogens (tertiary/aromatic N) is 2. The number of benzene rings is 1. The molecule has 12 heteroatoms. The number of likely N-dealkylation sites (tertiary alicyclic amines) is 1. The summed E-state index contributed by atoms with van der Waals surface area (Å²) in [4.78, 5) is 39.3. The number of hydrogen-bond acceptors (Lipinski definition) is 9. The molecule has 1 aliphatic carbocycles. The zero-order valence-electron chi connectivity index (χ0n) is 22.7. The Bertz CT molecular complexity index is 1230. The molecule has 6 atom stereocenters. The van der Waals surface area contributed by atoms with Gasteiger partial charge in [-0.05, 0) is 63.4 Å². The van der Waals surface area contributed by atoms with Gasteiger partial charge in [0.05, 0.1) is 16.5 Å². The Hall–Kier alpha value is -3.16. The molecule has 40 heavy (non-hydrogen) atoms. The lowest BCUT2D eigenvalue weighted by Crippen LogP contribution is -2.72. The van der Waals surface area contributed by atoms with Gasteiger partial charge in [-0.15, -0.1) is 0 Å². The van der Waals surface area contributed by atoms with Crippen LogP contribution in [-0.2, 0) is 9.59 Å². The highest BCUT2D eigenvalue weighted by Crippen LogP contribution is 2.56. The third-order valence-corrected chi connectivity index (χ3v) is 9.23. The predicted molar refractivity (Wildman–Crippen MR) is 145 cm³/mol. The van der Waals surface area contributed by atoms with Gasteiger partial charge in [-0.2, -0.15) is 0 Å². The quantitative estimate of drug-likeness (QED) is 0.155. The fourth-order valence-corrected chi connectivity index (χ4v) is 6.90. The molecule has 0 saturated carbocycles. The van der Waals surface area contributed by atoms with Gasteiger partial charge >= 0.3 is 11.9 Å². The first-order valence-corrected chi connectivity index (χ1v) is 13.5. The van der Waals surface area contributed by atoms with E-state index in [1.807, 2.05) is 0 Å².